The number of aryl methyl sites for hydroxylation is 1. The second kappa shape index (κ2) is 8.41. The van der Waals surface area contributed by atoms with Crippen LogP contribution in [-0.2, 0) is 4.57 Å². The summed E-state index contributed by atoms with van der Waals surface area (Å²) in [5, 5.41) is 4.06. The van der Waals surface area contributed by atoms with E-state index in [4.69, 9.17) is 13.6 Å². The van der Waals surface area contributed by atoms with Crippen molar-refractivity contribution in [1.82, 2.24) is 0 Å². The van der Waals surface area contributed by atoms with Gasteiger partial charge in [-0.2, -0.15) is 4.57 Å². The molecule has 0 aliphatic rings. The van der Waals surface area contributed by atoms with Crippen LogP contribution in [0.3, 0.4) is 0 Å². The molecule has 0 aliphatic carbocycles. The van der Waals surface area contributed by atoms with Crippen LogP contribution in [0.15, 0.2) is 109 Å². The standard InChI is InChI=1S/C27H21O4P/c1-20-7-6-12-25(17-20)29-32(28,30-26-15-13-21-8-2-4-10-23(21)18-26)31-27-16-14-22-9-3-5-11-24(22)19-27/h2-19H,1H3. The molecule has 5 heteroatoms. The van der Waals surface area contributed by atoms with Gasteiger partial charge >= 0.3 is 7.82 Å². The Balaban J connectivity index is 1.51. The van der Waals surface area contributed by atoms with Crippen molar-refractivity contribution in [3.8, 4) is 17.2 Å². The summed E-state index contributed by atoms with van der Waals surface area (Å²) < 4.78 is 31.4. The van der Waals surface area contributed by atoms with E-state index < -0.39 is 7.82 Å². The fourth-order valence-electron chi connectivity index (χ4n) is 3.56. The predicted octanol–water partition coefficient (Wildman–Crippen LogP) is 7.95. The van der Waals surface area contributed by atoms with Gasteiger partial charge in [0, 0.05) is 0 Å². The van der Waals surface area contributed by atoms with Gasteiger partial charge in [-0.3, -0.25) is 0 Å². The molecule has 5 rings (SSSR count). The highest BCUT2D eigenvalue weighted by Crippen LogP contribution is 2.50. The normalized spacial score (nSPS) is 11.4. The van der Waals surface area contributed by atoms with Crippen LogP contribution in [-0.4, -0.2) is 0 Å². The summed E-state index contributed by atoms with van der Waals surface area (Å²) >= 11 is 0. The molecular formula is C27H21O4P. The monoisotopic (exact) mass is 440 g/mol. The van der Waals surface area contributed by atoms with E-state index in [-0.39, 0.29) is 0 Å². The Morgan fingerprint density at radius 2 is 0.969 bits per heavy atom. The largest absolute Gasteiger partial charge is 0.647 e. The van der Waals surface area contributed by atoms with Crippen LogP contribution in [0.4, 0.5) is 0 Å². The summed E-state index contributed by atoms with van der Waals surface area (Å²) in [6.45, 7) is 1.94. The van der Waals surface area contributed by atoms with Crippen LogP contribution in [0, 0.1) is 6.92 Å². The summed E-state index contributed by atoms with van der Waals surface area (Å²) in [5.74, 6) is 1.22. The van der Waals surface area contributed by atoms with Gasteiger partial charge in [-0.25, -0.2) is 0 Å². The van der Waals surface area contributed by atoms with Gasteiger partial charge in [0.05, 0.1) is 0 Å². The van der Waals surface area contributed by atoms with Crippen LogP contribution >= 0.6 is 7.82 Å². The molecule has 158 valence electrons. The Labute approximate surface area is 186 Å². The molecule has 0 unspecified atom stereocenters. The summed E-state index contributed by atoms with van der Waals surface area (Å²) in [6.07, 6.45) is 0. The molecule has 0 N–H and O–H groups in total. The first-order valence-electron chi connectivity index (χ1n) is 10.3. The molecule has 0 fully saturated rings. The van der Waals surface area contributed by atoms with Gasteiger partial charge in [0.2, 0.25) is 0 Å². The van der Waals surface area contributed by atoms with Gasteiger partial charge in [-0.05, 0) is 70.4 Å². The maximum atomic E-state index is 13.8. The molecule has 0 heterocycles. The quantitative estimate of drug-likeness (QED) is 0.251. The second-order valence-corrected chi connectivity index (χ2v) is 9.00. The van der Waals surface area contributed by atoms with Crippen molar-refractivity contribution in [2.75, 3.05) is 0 Å². The molecule has 5 aromatic carbocycles. The van der Waals surface area contributed by atoms with Gasteiger partial charge < -0.3 is 13.6 Å². The predicted molar refractivity (Wildman–Crippen MR) is 129 cm³/mol. The number of phosphoric acid groups is 1. The average Bonchev–Trinajstić information content (AvgIpc) is 2.78. The maximum Gasteiger partial charge on any atom is 0.647 e. The molecule has 0 radical (unpaired) electrons. The second-order valence-electron chi connectivity index (χ2n) is 7.56. The lowest BCUT2D eigenvalue weighted by Crippen LogP contribution is -2.07. The van der Waals surface area contributed by atoms with Crippen LogP contribution in [0.2, 0.25) is 0 Å². The molecular weight excluding hydrogens is 419 g/mol. The number of phosphoric ester groups is 1. The molecule has 0 atom stereocenters. The third kappa shape index (κ3) is 4.46. The van der Waals surface area contributed by atoms with Crippen molar-refractivity contribution in [3.05, 3.63) is 115 Å². The van der Waals surface area contributed by atoms with Crippen molar-refractivity contribution in [2.24, 2.45) is 0 Å². The zero-order chi connectivity index (χ0) is 22.0. The van der Waals surface area contributed by atoms with E-state index in [2.05, 4.69) is 0 Å². The number of hydrogen-bond donors (Lipinski definition) is 0. The molecule has 5 aromatic rings. The van der Waals surface area contributed by atoms with Crippen molar-refractivity contribution in [3.63, 3.8) is 0 Å². The van der Waals surface area contributed by atoms with Gasteiger partial charge in [0.1, 0.15) is 17.2 Å². The molecule has 0 bridgehead atoms. The molecule has 0 saturated heterocycles. The average molecular weight is 440 g/mol. The van der Waals surface area contributed by atoms with Gasteiger partial charge in [-0.1, -0.05) is 72.8 Å². The molecule has 32 heavy (non-hydrogen) atoms. The molecule has 0 saturated carbocycles. The number of benzene rings is 5. The van der Waals surface area contributed by atoms with Crippen molar-refractivity contribution in [2.45, 2.75) is 6.92 Å². The highest BCUT2D eigenvalue weighted by atomic mass is 31.2. The third-order valence-electron chi connectivity index (χ3n) is 5.08. The number of hydrogen-bond acceptors (Lipinski definition) is 4. The van der Waals surface area contributed by atoms with Gasteiger partial charge in [0.15, 0.2) is 0 Å². The highest BCUT2D eigenvalue weighted by molar-refractivity contribution is 7.49. The van der Waals surface area contributed by atoms with Gasteiger partial charge in [0.25, 0.3) is 0 Å². The topological polar surface area (TPSA) is 44.8 Å². The van der Waals surface area contributed by atoms with Crippen LogP contribution < -0.4 is 13.6 Å². The Morgan fingerprint density at radius 1 is 0.500 bits per heavy atom. The molecule has 0 aromatic heterocycles. The first kappa shape index (κ1) is 20.2. The highest BCUT2D eigenvalue weighted by Gasteiger charge is 2.33. The Morgan fingerprint density at radius 3 is 1.47 bits per heavy atom. The van der Waals surface area contributed by atoms with E-state index in [1.54, 1.807) is 24.3 Å². The Bertz CT molecular complexity index is 1380. The number of fused-ring (bicyclic) bond motifs is 2. The lowest BCUT2D eigenvalue weighted by atomic mass is 10.1. The fraction of sp³-hybridized carbons (Fsp3) is 0.0370. The molecule has 0 spiro atoms. The van der Waals surface area contributed by atoms with E-state index in [1.807, 2.05) is 91.9 Å². The van der Waals surface area contributed by atoms with Crippen LogP contribution in [0.25, 0.3) is 21.5 Å². The fourth-order valence-corrected chi connectivity index (χ4v) is 4.79. The minimum atomic E-state index is -4.06. The Hall–Kier alpha value is -3.75. The van der Waals surface area contributed by atoms with Crippen molar-refractivity contribution >= 4 is 29.4 Å². The lowest BCUT2D eigenvalue weighted by Gasteiger charge is -2.20. The van der Waals surface area contributed by atoms with Crippen LogP contribution in [0.5, 0.6) is 17.2 Å². The molecule has 0 aliphatic heterocycles. The number of rotatable bonds is 6. The zero-order valence-corrected chi connectivity index (χ0v) is 18.4. The summed E-state index contributed by atoms with van der Waals surface area (Å²) in [7, 11) is -4.06. The van der Waals surface area contributed by atoms with E-state index in [9.17, 15) is 4.57 Å². The first-order valence-corrected chi connectivity index (χ1v) is 11.8. The van der Waals surface area contributed by atoms with Crippen LogP contribution in [0.1, 0.15) is 5.56 Å². The third-order valence-corrected chi connectivity index (χ3v) is 6.39. The summed E-state index contributed by atoms with van der Waals surface area (Å²) in [5.41, 5.74) is 0.977. The maximum absolute atomic E-state index is 13.8. The zero-order valence-electron chi connectivity index (χ0n) is 17.5. The molecule has 4 nitrogen and oxygen atoms in total. The van der Waals surface area contributed by atoms with Crippen molar-refractivity contribution < 1.29 is 18.1 Å². The molecule has 0 amide bonds. The first-order chi connectivity index (χ1) is 15.6. The summed E-state index contributed by atoms with van der Waals surface area (Å²) in [6, 6.07) is 34.1. The summed E-state index contributed by atoms with van der Waals surface area (Å²) in [4.78, 5) is 0. The van der Waals surface area contributed by atoms with E-state index in [0.717, 1.165) is 27.1 Å². The SMILES string of the molecule is Cc1cccc(OP(=O)(Oc2ccc3ccccc3c2)Oc2ccc3ccccc3c2)c1. The minimum Gasteiger partial charge on any atom is -0.386 e. The van der Waals surface area contributed by atoms with Crippen molar-refractivity contribution in [1.29, 1.82) is 0 Å². The van der Waals surface area contributed by atoms with E-state index >= 15 is 0 Å². The smallest absolute Gasteiger partial charge is 0.386 e. The van der Waals surface area contributed by atoms with E-state index in [1.165, 1.54) is 0 Å². The Kier molecular flexibility index (Phi) is 5.30. The lowest BCUT2D eigenvalue weighted by molar-refractivity contribution is 0.298. The van der Waals surface area contributed by atoms with Gasteiger partial charge in [-0.15, -0.1) is 0 Å². The minimum absolute atomic E-state index is 0.403. The van der Waals surface area contributed by atoms with E-state index in [0.29, 0.717) is 17.2 Å².